The Morgan fingerprint density at radius 1 is 1.16 bits per heavy atom. The number of aromatic amines is 1. The van der Waals surface area contributed by atoms with E-state index in [1.165, 1.54) is 17.3 Å². The Balaban J connectivity index is 1.42. The number of anilines is 1. The second kappa shape index (κ2) is 8.67. The van der Waals surface area contributed by atoms with Gasteiger partial charge in [0, 0.05) is 23.5 Å². The fourth-order valence-corrected chi connectivity index (χ4v) is 4.66. The number of fused-ring (bicyclic) bond motifs is 1. The fraction of sp³-hybridized carbons (Fsp3) is 0.240. The van der Waals surface area contributed by atoms with Crippen molar-refractivity contribution in [3.63, 3.8) is 0 Å². The maximum atomic E-state index is 13.2. The van der Waals surface area contributed by atoms with Crippen LogP contribution in [0.3, 0.4) is 0 Å². The predicted octanol–water partition coefficient (Wildman–Crippen LogP) is 5.02. The van der Waals surface area contributed by atoms with E-state index in [1.54, 1.807) is 4.57 Å². The van der Waals surface area contributed by atoms with Crippen molar-refractivity contribution in [1.82, 2.24) is 14.5 Å². The van der Waals surface area contributed by atoms with Crippen molar-refractivity contribution in [1.29, 1.82) is 0 Å². The third-order valence-electron chi connectivity index (χ3n) is 5.67. The van der Waals surface area contributed by atoms with Crippen LogP contribution in [0, 0.1) is 0 Å². The average molecular weight is 445 g/mol. The maximum absolute atomic E-state index is 13.2. The molecule has 0 radical (unpaired) electrons. The van der Waals surface area contributed by atoms with E-state index < -0.39 is 0 Å². The Hall–Kier alpha value is -3.32. The second-order valence-electron chi connectivity index (χ2n) is 7.98. The Morgan fingerprint density at radius 3 is 2.59 bits per heavy atom. The number of nitrogens with one attached hydrogen (secondary N) is 2. The monoisotopic (exact) mass is 444 g/mol. The first-order valence-corrected chi connectivity index (χ1v) is 11.8. The van der Waals surface area contributed by atoms with Gasteiger partial charge in [-0.15, -0.1) is 0 Å². The summed E-state index contributed by atoms with van der Waals surface area (Å²) in [5.41, 5.74) is 4.98. The molecule has 0 aliphatic heterocycles. The van der Waals surface area contributed by atoms with Crippen molar-refractivity contribution in [3.8, 4) is 11.1 Å². The molecular formula is C25H24N4O2S. The highest BCUT2D eigenvalue weighted by atomic mass is 32.2. The molecule has 32 heavy (non-hydrogen) atoms. The van der Waals surface area contributed by atoms with Crippen molar-refractivity contribution in [2.24, 2.45) is 0 Å². The number of aromatic nitrogens is 3. The number of carbonyl (C=O) groups is 1. The molecule has 6 nitrogen and oxygen atoms in total. The lowest BCUT2D eigenvalue weighted by Gasteiger charge is -2.12. The first-order valence-electron chi connectivity index (χ1n) is 10.8. The molecule has 2 aromatic carbocycles. The molecular weight excluding hydrogens is 420 g/mol. The summed E-state index contributed by atoms with van der Waals surface area (Å²) in [4.78, 5) is 33.8. The zero-order valence-electron chi connectivity index (χ0n) is 17.8. The second-order valence-corrected chi connectivity index (χ2v) is 8.92. The van der Waals surface area contributed by atoms with Crippen LogP contribution in [0.15, 0.2) is 70.7 Å². The molecule has 2 N–H and O–H groups in total. The molecule has 0 saturated heterocycles. The van der Waals surface area contributed by atoms with Crippen LogP contribution in [-0.2, 0) is 11.2 Å². The number of amides is 1. The predicted molar refractivity (Wildman–Crippen MR) is 129 cm³/mol. The van der Waals surface area contributed by atoms with Gasteiger partial charge in [0.25, 0.3) is 5.56 Å². The molecule has 2 aromatic heterocycles. The smallest absolute Gasteiger partial charge is 0.278 e. The van der Waals surface area contributed by atoms with Gasteiger partial charge in [-0.2, -0.15) is 0 Å². The lowest BCUT2D eigenvalue weighted by Crippen LogP contribution is -2.23. The van der Waals surface area contributed by atoms with Gasteiger partial charge in [0.2, 0.25) is 5.91 Å². The van der Waals surface area contributed by atoms with Crippen LogP contribution in [0.25, 0.3) is 22.2 Å². The summed E-state index contributed by atoms with van der Waals surface area (Å²) in [5, 5.41) is 3.53. The molecule has 0 atom stereocenters. The zero-order valence-corrected chi connectivity index (χ0v) is 18.6. The van der Waals surface area contributed by atoms with Crippen molar-refractivity contribution >= 4 is 34.4 Å². The lowest BCUT2D eigenvalue weighted by molar-refractivity contribution is -0.113. The van der Waals surface area contributed by atoms with E-state index in [2.05, 4.69) is 17.2 Å². The van der Waals surface area contributed by atoms with Gasteiger partial charge in [-0.3, -0.25) is 14.2 Å². The molecule has 1 fully saturated rings. The number of hydrogen-bond donors (Lipinski definition) is 2. The molecule has 162 valence electrons. The minimum absolute atomic E-state index is 0.0715. The fourth-order valence-electron chi connectivity index (χ4n) is 3.80. The van der Waals surface area contributed by atoms with Crippen LogP contribution in [-0.4, -0.2) is 26.2 Å². The van der Waals surface area contributed by atoms with E-state index in [0.29, 0.717) is 16.2 Å². The van der Waals surface area contributed by atoms with Gasteiger partial charge < -0.3 is 10.3 Å². The summed E-state index contributed by atoms with van der Waals surface area (Å²) in [6.07, 6.45) is 4.72. The van der Waals surface area contributed by atoms with E-state index in [1.807, 2.05) is 60.8 Å². The first kappa shape index (κ1) is 20.6. The molecule has 0 unspecified atom stereocenters. The standard InChI is InChI=1S/C25H24N4O2S/c1-2-16-8-10-18(11-9-16)27-21(30)15-32-25-28-22-20(17-6-4-3-5-7-17)14-26-23(22)24(31)29(25)19-12-13-19/h3-11,14,19,26H,2,12-13,15H2,1H3,(H,27,30). The lowest BCUT2D eigenvalue weighted by atomic mass is 10.1. The summed E-state index contributed by atoms with van der Waals surface area (Å²) in [6.45, 7) is 2.10. The average Bonchev–Trinajstić information content (AvgIpc) is 3.56. The SMILES string of the molecule is CCc1ccc(NC(=O)CSc2nc3c(-c4ccccc4)c[nH]c3c(=O)n2C2CC2)cc1. The highest BCUT2D eigenvalue weighted by Crippen LogP contribution is 2.37. The van der Waals surface area contributed by atoms with E-state index >= 15 is 0 Å². The van der Waals surface area contributed by atoms with Gasteiger partial charge in [-0.25, -0.2) is 4.98 Å². The van der Waals surface area contributed by atoms with Crippen LogP contribution in [0.1, 0.15) is 31.4 Å². The van der Waals surface area contributed by atoms with Crippen molar-refractivity contribution in [3.05, 3.63) is 76.7 Å². The molecule has 1 aliphatic rings. The minimum atomic E-state index is -0.117. The first-order chi connectivity index (χ1) is 15.6. The van der Waals surface area contributed by atoms with E-state index in [-0.39, 0.29) is 23.3 Å². The highest BCUT2D eigenvalue weighted by molar-refractivity contribution is 7.99. The van der Waals surface area contributed by atoms with E-state index in [0.717, 1.165) is 36.1 Å². The Morgan fingerprint density at radius 2 is 1.91 bits per heavy atom. The van der Waals surface area contributed by atoms with Crippen LogP contribution >= 0.6 is 11.8 Å². The maximum Gasteiger partial charge on any atom is 0.278 e. The molecule has 5 rings (SSSR count). The summed E-state index contributed by atoms with van der Waals surface area (Å²) >= 11 is 1.31. The van der Waals surface area contributed by atoms with E-state index in [4.69, 9.17) is 4.98 Å². The largest absolute Gasteiger partial charge is 0.355 e. The molecule has 1 saturated carbocycles. The molecule has 4 aromatic rings. The van der Waals surface area contributed by atoms with Crippen LogP contribution in [0.5, 0.6) is 0 Å². The van der Waals surface area contributed by atoms with Gasteiger partial charge >= 0.3 is 0 Å². The third kappa shape index (κ3) is 4.08. The quantitative estimate of drug-likeness (QED) is 0.310. The summed E-state index contributed by atoms with van der Waals surface area (Å²) in [5.74, 6) is 0.0685. The summed E-state index contributed by atoms with van der Waals surface area (Å²) < 4.78 is 1.75. The molecule has 1 amide bonds. The Kier molecular flexibility index (Phi) is 5.57. The number of rotatable bonds is 7. The van der Waals surface area contributed by atoms with Gasteiger partial charge in [0.05, 0.1) is 5.75 Å². The van der Waals surface area contributed by atoms with Gasteiger partial charge in [0.1, 0.15) is 11.0 Å². The Bertz CT molecular complexity index is 1320. The molecule has 7 heteroatoms. The normalized spacial score (nSPS) is 13.4. The highest BCUT2D eigenvalue weighted by Gasteiger charge is 2.29. The number of hydrogen-bond acceptors (Lipinski definition) is 4. The van der Waals surface area contributed by atoms with Gasteiger partial charge in [-0.05, 0) is 42.5 Å². The molecule has 0 bridgehead atoms. The van der Waals surface area contributed by atoms with Crippen LogP contribution in [0.2, 0.25) is 0 Å². The van der Waals surface area contributed by atoms with E-state index in [9.17, 15) is 9.59 Å². The molecule has 1 aliphatic carbocycles. The molecule has 2 heterocycles. The molecule has 0 spiro atoms. The number of aryl methyl sites for hydroxylation is 1. The third-order valence-corrected chi connectivity index (χ3v) is 6.63. The van der Waals surface area contributed by atoms with Crippen LogP contribution < -0.4 is 10.9 Å². The summed E-state index contributed by atoms with van der Waals surface area (Å²) in [6, 6.07) is 17.9. The zero-order chi connectivity index (χ0) is 22.1. The number of carbonyl (C=O) groups excluding carboxylic acids is 1. The Labute approximate surface area is 190 Å². The topological polar surface area (TPSA) is 79.8 Å². The number of H-pyrrole nitrogens is 1. The minimum Gasteiger partial charge on any atom is -0.355 e. The van der Waals surface area contributed by atoms with Crippen molar-refractivity contribution in [2.45, 2.75) is 37.4 Å². The van der Waals surface area contributed by atoms with Gasteiger partial charge in [0.15, 0.2) is 5.16 Å². The van der Waals surface area contributed by atoms with Crippen molar-refractivity contribution < 1.29 is 4.79 Å². The van der Waals surface area contributed by atoms with Crippen molar-refractivity contribution in [2.75, 3.05) is 11.1 Å². The number of thioether (sulfide) groups is 1. The number of benzene rings is 2. The van der Waals surface area contributed by atoms with Crippen LogP contribution in [0.4, 0.5) is 5.69 Å². The number of nitrogens with zero attached hydrogens (tertiary/aromatic N) is 2. The van der Waals surface area contributed by atoms with Gasteiger partial charge in [-0.1, -0.05) is 61.2 Å². The summed E-state index contributed by atoms with van der Waals surface area (Å²) in [7, 11) is 0.